The topological polar surface area (TPSA) is 93.1 Å². The Bertz CT molecular complexity index is 868. The van der Waals surface area contributed by atoms with Crippen molar-refractivity contribution < 1.29 is 33.0 Å². The number of carboxylic acids is 1. The average molecular weight is 488 g/mol. The lowest BCUT2D eigenvalue weighted by Gasteiger charge is -2.56. The number of halogens is 3. The van der Waals surface area contributed by atoms with Gasteiger partial charge in [0.25, 0.3) is 0 Å². The molecule has 192 valence electrons. The Labute approximate surface area is 198 Å². The molecule has 1 unspecified atom stereocenters. The van der Waals surface area contributed by atoms with Gasteiger partial charge in [-0.15, -0.1) is 0 Å². The number of carboxylic acid groups (broad SMARTS) is 1. The van der Waals surface area contributed by atoms with Gasteiger partial charge in [-0.2, -0.15) is 13.2 Å². The maximum Gasteiger partial charge on any atom is 0.490 e. The summed E-state index contributed by atoms with van der Waals surface area (Å²) in [6, 6.07) is 6.32. The standard InChI is InChI=1S/C22H35N3O2.C2HF3O2/c1-15(2)17-6-7-20(19(10-17)16(3)4)23-21(27)25-9-8-22(13-24(5)14-22)18(11-25)12-26;3-2(4,5)1(6)7/h6-7,10,15-16,18,26H,8-9,11-14H2,1-5H3,(H,23,27);(H,6,7). The van der Waals surface area contributed by atoms with Crippen LogP contribution in [0.15, 0.2) is 18.2 Å². The highest BCUT2D eigenvalue weighted by atomic mass is 19.4. The lowest BCUT2D eigenvalue weighted by atomic mass is 9.65. The van der Waals surface area contributed by atoms with Gasteiger partial charge in [0.1, 0.15) is 0 Å². The van der Waals surface area contributed by atoms with Crippen molar-refractivity contribution in [1.29, 1.82) is 0 Å². The number of urea groups is 1. The molecule has 1 aromatic carbocycles. The number of likely N-dealkylation sites (tertiary alicyclic amines) is 2. The summed E-state index contributed by atoms with van der Waals surface area (Å²) in [5.41, 5.74) is 3.58. The van der Waals surface area contributed by atoms with Crippen LogP contribution in [0.4, 0.5) is 23.7 Å². The van der Waals surface area contributed by atoms with Crippen molar-refractivity contribution in [3.8, 4) is 0 Å². The van der Waals surface area contributed by atoms with Gasteiger partial charge in [-0.1, -0.05) is 39.8 Å². The zero-order chi connectivity index (χ0) is 25.8. The van der Waals surface area contributed by atoms with Crippen molar-refractivity contribution in [2.45, 2.75) is 52.1 Å². The lowest BCUT2D eigenvalue weighted by Crippen LogP contribution is -2.65. The zero-order valence-corrected chi connectivity index (χ0v) is 20.4. The minimum Gasteiger partial charge on any atom is -0.475 e. The molecule has 2 aliphatic heterocycles. The van der Waals surface area contributed by atoms with E-state index in [1.54, 1.807) is 0 Å². The minimum absolute atomic E-state index is 0.0461. The summed E-state index contributed by atoms with van der Waals surface area (Å²) in [4.78, 5) is 26.0. The first kappa shape index (κ1) is 27.9. The first-order chi connectivity index (χ1) is 15.7. The molecule has 0 aromatic heterocycles. The molecule has 1 spiro atoms. The van der Waals surface area contributed by atoms with Gasteiger partial charge in [-0.3, -0.25) is 0 Å². The molecule has 2 heterocycles. The number of carbonyl (C=O) groups is 2. The Morgan fingerprint density at radius 3 is 2.21 bits per heavy atom. The van der Waals surface area contributed by atoms with Gasteiger partial charge in [0.15, 0.2) is 0 Å². The summed E-state index contributed by atoms with van der Waals surface area (Å²) < 4.78 is 31.7. The predicted octanol–water partition coefficient (Wildman–Crippen LogP) is 4.34. The quantitative estimate of drug-likeness (QED) is 0.587. The molecule has 34 heavy (non-hydrogen) atoms. The van der Waals surface area contributed by atoms with Crippen LogP contribution in [-0.2, 0) is 4.79 Å². The van der Waals surface area contributed by atoms with Gasteiger partial charge < -0.3 is 25.3 Å². The molecule has 0 saturated carbocycles. The first-order valence-corrected chi connectivity index (χ1v) is 11.5. The molecule has 3 rings (SSSR count). The molecule has 2 amide bonds. The number of piperidine rings is 1. The third kappa shape index (κ3) is 6.63. The van der Waals surface area contributed by atoms with Crippen LogP contribution < -0.4 is 5.32 Å². The highest BCUT2D eigenvalue weighted by molar-refractivity contribution is 5.90. The number of aliphatic hydroxyl groups excluding tert-OH is 1. The second-order valence-electron chi connectivity index (χ2n) is 10.00. The summed E-state index contributed by atoms with van der Waals surface area (Å²) in [5, 5.41) is 20.2. The molecule has 1 aromatic rings. The average Bonchev–Trinajstić information content (AvgIpc) is 2.72. The van der Waals surface area contributed by atoms with E-state index >= 15 is 0 Å². The number of aliphatic carboxylic acids is 1. The summed E-state index contributed by atoms with van der Waals surface area (Å²) in [6.07, 6.45) is -4.11. The van der Waals surface area contributed by atoms with Gasteiger partial charge in [-0.25, -0.2) is 9.59 Å². The molecule has 2 saturated heterocycles. The van der Waals surface area contributed by atoms with Crippen LogP contribution in [0, 0.1) is 11.3 Å². The summed E-state index contributed by atoms with van der Waals surface area (Å²) >= 11 is 0. The van der Waals surface area contributed by atoms with E-state index < -0.39 is 12.1 Å². The molecule has 0 aliphatic carbocycles. The summed E-state index contributed by atoms with van der Waals surface area (Å²) in [6.45, 7) is 12.3. The highest BCUT2D eigenvalue weighted by Gasteiger charge is 2.50. The SMILES string of the molecule is CC(C)c1ccc(NC(=O)N2CCC3(CN(C)C3)C(CO)C2)c(C(C)C)c1.O=C(O)C(F)(F)F. The van der Waals surface area contributed by atoms with Crippen LogP contribution in [0.5, 0.6) is 0 Å². The van der Waals surface area contributed by atoms with Gasteiger partial charge in [0.05, 0.1) is 0 Å². The van der Waals surface area contributed by atoms with Crippen molar-refractivity contribution in [2.24, 2.45) is 11.3 Å². The van der Waals surface area contributed by atoms with E-state index in [-0.39, 0.29) is 24.0 Å². The van der Waals surface area contributed by atoms with Crippen LogP contribution in [0.1, 0.15) is 57.1 Å². The third-order valence-corrected chi connectivity index (χ3v) is 6.71. The van der Waals surface area contributed by atoms with Crippen LogP contribution in [0.2, 0.25) is 0 Å². The number of benzene rings is 1. The van der Waals surface area contributed by atoms with Gasteiger partial charge >= 0.3 is 18.2 Å². The Kier molecular flexibility index (Phi) is 8.98. The number of hydrogen-bond acceptors (Lipinski definition) is 4. The molecule has 2 aliphatic rings. The third-order valence-electron chi connectivity index (χ3n) is 6.71. The number of hydrogen-bond donors (Lipinski definition) is 3. The number of nitrogens with one attached hydrogen (secondary N) is 1. The van der Waals surface area contributed by atoms with Crippen molar-refractivity contribution >= 4 is 17.7 Å². The molecule has 10 heteroatoms. The fourth-order valence-electron chi connectivity index (χ4n) is 4.72. The Morgan fingerprint density at radius 1 is 1.18 bits per heavy atom. The number of alkyl halides is 3. The second kappa shape index (κ2) is 10.9. The Balaban J connectivity index is 0.000000509. The number of anilines is 1. The Hall–Kier alpha value is -2.33. The lowest BCUT2D eigenvalue weighted by molar-refractivity contribution is -0.192. The predicted molar refractivity (Wildman–Crippen MR) is 124 cm³/mol. The number of nitrogens with zero attached hydrogens (tertiary/aromatic N) is 2. The van der Waals surface area contributed by atoms with E-state index in [4.69, 9.17) is 9.90 Å². The Morgan fingerprint density at radius 2 is 1.76 bits per heavy atom. The largest absolute Gasteiger partial charge is 0.490 e. The minimum atomic E-state index is -5.08. The van der Waals surface area contributed by atoms with E-state index in [1.807, 2.05) is 11.0 Å². The number of carbonyl (C=O) groups excluding carboxylic acids is 1. The van der Waals surface area contributed by atoms with Crippen LogP contribution in [0.25, 0.3) is 0 Å². The molecule has 7 nitrogen and oxygen atoms in total. The summed E-state index contributed by atoms with van der Waals surface area (Å²) in [5.74, 6) is -1.77. The van der Waals surface area contributed by atoms with Crippen molar-refractivity contribution in [3.05, 3.63) is 29.3 Å². The zero-order valence-electron chi connectivity index (χ0n) is 20.4. The molecule has 0 radical (unpaired) electrons. The van der Waals surface area contributed by atoms with Gasteiger partial charge in [0.2, 0.25) is 0 Å². The smallest absolute Gasteiger partial charge is 0.475 e. The van der Waals surface area contributed by atoms with E-state index in [0.29, 0.717) is 18.4 Å². The molecule has 0 bridgehead atoms. The van der Waals surface area contributed by atoms with Gasteiger partial charge in [0, 0.05) is 49.8 Å². The van der Waals surface area contributed by atoms with E-state index in [0.717, 1.165) is 31.7 Å². The van der Waals surface area contributed by atoms with Crippen molar-refractivity contribution in [3.63, 3.8) is 0 Å². The van der Waals surface area contributed by atoms with E-state index in [9.17, 15) is 23.1 Å². The maximum absolute atomic E-state index is 12.9. The van der Waals surface area contributed by atoms with Crippen LogP contribution in [0.3, 0.4) is 0 Å². The fourth-order valence-corrected chi connectivity index (χ4v) is 4.72. The molecular weight excluding hydrogens is 451 g/mol. The monoisotopic (exact) mass is 487 g/mol. The molecular formula is C24H36F3N3O4. The molecule has 1 atom stereocenters. The number of aliphatic hydroxyl groups is 1. The number of amides is 2. The number of rotatable bonds is 4. The van der Waals surface area contributed by atoms with Crippen LogP contribution in [-0.4, -0.2) is 78.0 Å². The maximum atomic E-state index is 12.9. The van der Waals surface area contributed by atoms with Crippen molar-refractivity contribution in [2.75, 3.05) is 45.2 Å². The fraction of sp³-hybridized carbons (Fsp3) is 0.667. The van der Waals surface area contributed by atoms with Crippen LogP contribution >= 0.6 is 0 Å². The van der Waals surface area contributed by atoms with E-state index in [1.165, 1.54) is 11.1 Å². The molecule has 3 N–H and O–H groups in total. The van der Waals surface area contributed by atoms with E-state index in [2.05, 4.69) is 57.1 Å². The second-order valence-corrected chi connectivity index (χ2v) is 10.00. The van der Waals surface area contributed by atoms with Crippen molar-refractivity contribution in [1.82, 2.24) is 9.80 Å². The normalized spacial score (nSPS) is 20.1. The first-order valence-electron chi connectivity index (χ1n) is 11.5. The summed E-state index contributed by atoms with van der Waals surface area (Å²) in [7, 11) is 2.12. The van der Waals surface area contributed by atoms with Gasteiger partial charge in [-0.05, 0) is 42.5 Å². The highest BCUT2D eigenvalue weighted by Crippen LogP contribution is 2.43. The molecule has 2 fully saturated rings.